The lowest BCUT2D eigenvalue weighted by atomic mass is 9.78. The Morgan fingerprint density at radius 3 is 2.59 bits per heavy atom. The third-order valence-electron chi connectivity index (χ3n) is 3.67. The van der Waals surface area contributed by atoms with E-state index < -0.39 is 0 Å². The molecule has 1 unspecified atom stereocenters. The number of hydrogen-bond donors (Lipinski definition) is 1. The van der Waals surface area contributed by atoms with E-state index in [1.54, 1.807) is 7.11 Å². The van der Waals surface area contributed by atoms with Gasteiger partial charge in [-0.25, -0.2) is 0 Å². The van der Waals surface area contributed by atoms with Crippen molar-refractivity contribution < 1.29 is 4.74 Å². The van der Waals surface area contributed by atoms with Gasteiger partial charge in [-0.3, -0.25) is 0 Å². The lowest BCUT2D eigenvalue weighted by molar-refractivity contribution is 0.0664. The Labute approximate surface area is 108 Å². The van der Waals surface area contributed by atoms with Crippen molar-refractivity contribution in [2.75, 3.05) is 27.3 Å². The van der Waals surface area contributed by atoms with Crippen LogP contribution in [-0.2, 0) is 4.74 Å². The minimum atomic E-state index is 0.260. The van der Waals surface area contributed by atoms with Gasteiger partial charge in [-0.15, -0.1) is 0 Å². The number of nitrogens with one attached hydrogen (secondary N) is 1. The largest absolute Gasteiger partial charge is 0.384 e. The van der Waals surface area contributed by atoms with Gasteiger partial charge in [-0.1, -0.05) is 32.4 Å². The SMILES string of the molecule is CNCCC/C(C)=C\CC(C)C(C)(C)COC. The molecule has 1 N–H and O–H groups in total. The lowest BCUT2D eigenvalue weighted by Gasteiger charge is -2.30. The molecular formula is C15H31NO. The molecule has 0 aromatic rings. The van der Waals surface area contributed by atoms with Gasteiger partial charge in [0.25, 0.3) is 0 Å². The Morgan fingerprint density at radius 2 is 2.06 bits per heavy atom. The van der Waals surface area contributed by atoms with Gasteiger partial charge < -0.3 is 10.1 Å². The van der Waals surface area contributed by atoms with Crippen molar-refractivity contribution >= 4 is 0 Å². The lowest BCUT2D eigenvalue weighted by Crippen LogP contribution is -2.26. The summed E-state index contributed by atoms with van der Waals surface area (Å²) in [4.78, 5) is 0. The van der Waals surface area contributed by atoms with Crippen LogP contribution in [0.1, 0.15) is 47.0 Å². The van der Waals surface area contributed by atoms with Gasteiger partial charge in [-0.2, -0.15) is 0 Å². The van der Waals surface area contributed by atoms with Crippen LogP contribution in [0.4, 0.5) is 0 Å². The summed E-state index contributed by atoms with van der Waals surface area (Å²) in [5, 5.41) is 3.19. The predicted octanol–water partition coefficient (Wildman–Crippen LogP) is 3.63. The van der Waals surface area contributed by atoms with Gasteiger partial charge in [0.1, 0.15) is 0 Å². The van der Waals surface area contributed by atoms with Crippen LogP contribution in [0.15, 0.2) is 11.6 Å². The highest BCUT2D eigenvalue weighted by atomic mass is 16.5. The molecule has 0 amide bonds. The van der Waals surface area contributed by atoms with Gasteiger partial charge >= 0.3 is 0 Å². The van der Waals surface area contributed by atoms with Crippen LogP contribution in [0.5, 0.6) is 0 Å². The van der Waals surface area contributed by atoms with Gasteiger partial charge in [0.2, 0.25) is 0 Å². The summed E-state index contributed by atoms with van der Waals surface area (Å²) in [6.45, 7) is 11.1. The topological polar surface area (TPSA) is 21.3 Å². The highest BCUT2D eigenvalue weighted by Gasteiger charge is 2.24. The molecule has 0 aliphatic heterocycles. The van der Waals surface area contributed by atoms with Crippen molar-refractivity contribution in [2.24, 2.45) is 11.3 Å². The van der Waals surface area contributed by atoms with Crippen molar-refractivity contribution in [3.63, 3.8) is 0 Å². The van der Waals surface area contributed by atoms with Crippen LogP contribution in [0.25, 0.3) is 0 Å². The zero-order chi connectivity index (χ0) is 13.3. The van der Waals surface area contributed by atoms with E-state index in [-0.39, 0.29) is 5.41 Å². The average molecular weight is 241 g/mol. The monoisotopic (exact) mass is 241 g/mol. The van der Waals surface area contributed by atoms with E-state index >= 15 is 0 Å². The summed E-state index contributed by atoms with van der Waals surface area (Å²) >= 11 is 0. The Hall–Kier alpha value is -0.340. The average Bonchev–Trinajstić information content (AvgIpc) is 2.26. The Kier molecular flexibility index (Phi) is 8.53. The third-order valence-corrected chi connectivity index (χ3v) is 3.67. The van der Waals surface area contributed by atoms with Crippen molar-refractivity contribution in [3.8, 4) is 0 Å². The van der Waals surface area contributed by atoms with E-state index in [1.165, 1.54) is 18.4 Å². The molecule has 0 aliphatic carbocycles. The van der Waals surface area contributed by atoms with Crippen molar-refractivity contribution in [1.82, 2.24) is 5.32 Å². The molecule has 0 aliphatic rings. The molecule has 102 valence electrons. The highest BCUT2D eigenvalue weighted by Crippen LogP contribution is 2.30. The summed E-state index contributed by atoms with van der Waals surface area (Å²) in [6, 6.07) is 0. The number of methoxy groups -OCH3 is 1. The Bertz CT molecular complexity index is 221. The molecule has 0 rings (SSSR count). The van der Waals surface area contributed by atoms with E-state index in [9.17, 15) is 0 Å². The summed E-state index contributed by atoms with van der Waals surface area (Å²) in [6.07, 6.45) is 5.99. The number of allylic oxidation sites excluding steroid dienone is 2. The maximum Gasteiger partial charge on any atom is 0.0516 e. The summed E-state index contributed by atoms with van der Waals surface area (Å²) in [7, 11) is 3.79. The van der Waals surface area contributed by atoms with Crippen molar-refractivity contribution in [1.29, 1.82) is 0 Å². The number of hydrogen-bond acceptors (Lipinski definition) is 2. The third kappa shape index (κ3) is 7.56. The van der Waals surface area contributed by atoms with Crippen LogP contribution < -0.4 is 5.32 Å². The molecule has 0 bridgehead atoms. The highest BCUT2D eigenvalue weighted by molar-refractivity contribution is 4.99. The normalized spacial score (nSPS) is 15.1. The van der Waals surface area contributed by atoms with Crippen molar-refractivity contribution in [3.05, 3.63) is 11.6 Å². The van der Waals surface area contributed by atoms with Gasteiger partial charge in [-0.05, 0) is 51.1 Å². The van der Waals surface area contributed by atoms with E-state index in [4.69, 9.17) is 4.74 Å². The standard InChI is InChI=1S/C15H31NO/c1-13(8-7-11-16-5)9-10-14(2)15(3,4)12-17-6/h9,14,16H,7-8,10-12H2,1-6H3/b13-9-. The fraction of sp³-hybridized carbons (Fsp3) is 0.867. The molecule has 0 saturated carbocycles. The van der Waals surface area contributed by atoms with E-state index in [1.807, 2.05) is 7.05 Å². The van der Waals surface area contributed by atoms with E-state index in [2.05, 4.69) is 39.1 Å². The molecular weight excluding hydrogens is 210 g/mol. The number of ether oxygens (including phenoxy) is 1. The first kappa shape index (κ1) is 16.7. The first-order valence-corrected chi connectivity index (χ1v) is 6.73. The van der Waals surface area contributed by atoms with Crippen LogP contribution >= 0.6 is 0 Å². The molecule has 0 spiro atoms. The van der Waals surface area contributed by atoms with Gasteiger partial charge in [0.05, 0.1) is 6.61 Å². The minimum absolute atomic E-state index is 0.260. The molecule has 0 saturated heterocycles. The second-order valence-electron chi connectivity index (χ2n) is 5.82. The minimum Gasteiger partial charge on any atom is -0.384 e. The van der Waals surface area contributed by atoms with Crippen LogP contribution in [-0.4, -0.2) is 27.3 Å². The zero-order valence-corrected chi connectivity index (χ0v) is 12.6. The Morgan fingerprint density at radius 1 is 1.41 bits per heavy atom. The van der Waals surface area contributed by atoms with Crippen LogP contribution in [0.2, 0.25) is 0 Å². The van der Waals surface area contributed by atoms with Gasteiger partial charge in [0, 0.05) is 7.11 Å². The fourth-order valence-corrected chi connectivity index (χ4v) is 1.86. The fourth-order valence-electron chi connectivity index (χ4n) is 1.86. The summed E-state index contributed by atoms with van der Waals surface area (Å²) in [5.41, 5.74) is 1.77. The molecule has 0 heterocycles. The molecule has 0 fully saturated rings. The van der Waals surface area contributed by atoms with Crippen molar-refractivity contribution in [2.45, 2.75) is 47.0 Å². The first-order valence-electron chi connectivity index (χ1n) is 6.73. The molecule has 2 nitrogen and oxygen atoms in total. The van der Waals surface area contributed by atoms with Crippen LogP contribution in [0.3, 0.4) is 0 Å². The van der Waals surface area contributed by atoms with Gasteiger partial charge in [0.15, 0.2) is 0 Å². The summed E-state index contributed by atoms with van der Waals surface area (Å²) in [5.74, 6) is 0.654. The van der Waals surface area contributed by atoms with E-state index in [0.29, 0.717) is 5.92 Å². The molecule has 0 aromatic carbocycles. The quantitative estimate of drug-likeness (QED) is 0.491. The Balaban J connectivity index is 4.03. The number of rotatable bonds is 9. The molecule has 0 radical (unpaired) electrons. The maximum absolute atomic E-state index is 5.29. The van der Waals surface area contributed by atoms with E-state index in [0.717, 1.165) is 19.6 Å². The molecule has 0 aromatic heterocycles. The second-order valence-corrected chi connectivity index (χ2v) is 5.82. The summed E-state index contributed by atoms with van der Waals surface area (Å²) < 4.78 is 5.29. The second kappa shape index (κ2) is 8.71. The predicted molar refractivity (Wildman–Crippen MR) is 76.4 cm³/mol. The smallest absolute Gasteiger partial charge is 0.0516 e. The zero-order valence-electron chi connectivity index (χ0n) is 12.6. The molecule has 17 heavy (non-hydrogen) atoms. The maximum atomic E-state index is 5.29. The first-order chi connectivity index (χ1) is 7.94. The molecule has 1 atom stereocenters. The molecule has 2 heteroatoms. The van der Waals surface area contributed by atoms with Crippen LogP contribution in [0, 0.1) is 11.3 Å².